The van der Waals surface area contributed by atoms with Crippen molar-refractivity contribution in [3.05, 3.63) is 63.9 Å². The zero-order valence-electron chi connectivity index (χ0n) is 14.2. The SMILES string of the molecule is Cc1ccc(/C=C/C(=O)OCC(=O)NCC2(c3ccccc3)CC2)s1. The fourth-order valence-electron chi connectivity index (χ4n) is 2.71. The first-order valence-electron chi connectivity index (χ1n) is 8.31. The van der Waals surface area contributed by atoms with Gasteiger partial charge >= 0.3 is 5.97 Å². The molecule has 130 valence electrons. The molecular formula is C20H21NO3S. The van der Waals surface area contributed by atoms with Gasteiger partial charge in [-0.25, -0.2) is 4.79 Å². The van der Waals surface area contributed by atoms with Gasteiger partial charge in [-0.3, -0.25) is 4.79 Å². The Morgan fingerprint density at radius 2 is 1.96 bits per heavy atom. The molecule has 0 bridgehead atoms. The molecule has 0 aliphatic heterocycles. The summed E-state index contributed by atoms with van der Waals surface area (Å²) in [6.45, 7) is 2.34. The summed E-state index contributed by atoms with van der Waals surface area (Å²) in [5, 5.41) is 2.88. The summed E-state index contributed by atoms with van der Waals surface area (Å²) >= 11 is 1.60. The Morgan fingerprint density at radius 1 is 1.20 bits per heavy atom. The van der Waals surface area contributed by atoms with Crippen LogP contribution in [0.5, 0.6) is 0 Å². The standard InChI is InChI=1S/C20H21NO3S/c1-15-7-8-17(25-15)9-10-19(23)24-13-18(22)21-14-20(11-12-20)16-5-3-2-4-6-16/h2-10H,11-14H2,1H3,(H,21,22)/b10-9+. The van der Waals surface area contributed by atoms with Gasteiger partial charge in [0, 0.05) is 27.8 Å². The molecule has 1 fully saturated rings. The lowest BCUT2D eigenvalue weighted by Gasteiger charge is -2.16. The molecule has 1 heterocycles. The monoisotopic (exact) mass is 355 g/mol. The topological polar surface area (TPSA) is 55.4 Å². The molecule has 4 nitrogen and oxygen atoms in total. The van der Waals surface area contributed by atoms with Gasteiger partial charge in [0.2, 0.25) is 0 Å². The van der Waals surface area contributed by atoms with Gasteiger partial charge in [-0.05, 0) is 43.5 Å². The van der Waals surface area contributed by atoms with E-state index >= 15 is 0 Å². The first kappa shape index (κ1) is 17.4. The van der Waals surface area contributed by atoms with E-state index < -0.39 is 5.97 Å². The summed E-state index contributed by atoms with van der Waals surface area (Å²) in [5.41, 5.74) is 1.30. The lowest BCUT2D eigenvalue weighted by atomic mass is 9.96. The van der Waals surface area contributed by atoms with Gasteiger partial charge in [-0.15, -0.1) is 11.3 Å². The minimum atomic E-state index is -0.509. The molecule has 25 heavy (non-hydrogen) atoms. The highest BCUT2D eigenvalue weighted by atomic mass is 32.1. The summed E-state index contributed by atoms with van der Waals surface area (Å²) in [4.78, 5) is 25.8. The summed E-state index contributed by atoms with van der Waals surface area (Å²) in [6.07, 6.45) is 5.19. The second kappa shape index (κ2) is 7.66. The van der Waals surface area contributed by atoms with Gasteiger partial charge in [-0.2, -0.15) is 0 Å². The van der Waals surface area contributed by atoms with Crippen LogP contribution >= 0.6 is 11.3 Å². The molecule has 1 aliphatic rings. The zero-order chi connectivity index (χ0) is 17.7. The molecule has 0 unspecified atom stereocenters. The first-order valence-corrected chi connectivity index (χ1v) is 9.13. The van der Waals surface area contributed by atoms with E-state index in [0.717, 1.165) is 17.7 Å². The number of benzene rings is 1. The largest absolute Gasteiger partial charge is 0.452 e. The number of thiophene rings is 1. The number of nitrogens with one attached hydrogen (secondary N) is 1. The van der Waals surface area contributed by atoms with Gasteiger partial charge in [-0.1, -0.05) is 30.3 Å². The van der Waals surface area contributed by atoms with Gasteiger partial charge in [0.1, 0.15) is 0 Å². The molecule has 1 amide bonds. The Balaban J connectivity index is 1.41. The minimum absolute atomic E-state index is 0.0534. The summed E-state index contributed by atoms with van der Waals surface area (Å²) in [6, 6.07) is 14.1. The van der Waals surface area contributed by atoms with Gasteiger partial charge in [0.15, 0.2) is 6.61 Å². The normalized spacial score (nSPS) is 15.1. The van der Waals surface area contributed by atoms with Crippen LogP contribution in [0.15, 0.2) is 48.5 Å². The van der Waals surface area contributed by atoms with E-state index in [1.165, 1.54) is 16.5 Å². The van der Waals surface area contributed by atoms with Crippen LogP contribution in [0, 0.1) is 6.92 Å². The zero-order valence-corrected chi connectivity index (χ0v) is 15.0. The van der Waals surface area contributed by atoms with Crippen LogP contribution in [0.1, 0.15) is 28.2 Å². The van der Waals surface area contributed by atoms with Crippen molar-refractivity contribution in [2.75, 3.05) is 13.2 Å². The Labute approximate surface area is 151 Å². The highest BCUT2D eigenvalue weighted by molar-refractivity contribution is 7.12. The molecule has 0 saturated heterocycles. The van der Waals surface area contributed by atoms with E-state index in [0.29, 0.717) is 6.54 Å². The molecule has 1 saturated carbocycles. The highest BCUT2D eigenvalue weighted by Gasteiger charge is 2.44. The number of aryl methyl sites for hydroxylation is 1. The number of carbonyl (C=O) groups is 2. The van der Waals surface area contributed by atoms with Crippen LogP contribution in [0.3, 0.4) is 0 Å². The second-order valence-electron chi connectivity index (χ2n) is 6.31. The number of esters is 1. The molecule has 0 radical (unpaired) electrons. The molecule has 1 aromatic heterocycles. The average molecular weight is 355 g/mol. The smallest absolute Gasteiger partial charge is 0.331 e. The molecule has 2 aromatic rings. The Hall–Kier alpha value is -2.40. The van der Waals surface area contributed by atoms with Crippen LogP contribution < -0.4 is 5.32 Å². The van der Waals surface area contributed by atoms with Gasteiger partial charge in [0.05, 0.1) is 0 Å². The number of amides is 1. The number of rotatable bonds is 7. The molecule has 5 heteroatoms. The molecule has 1 aromatic carbocycles. The molecule has 3 rings (SSSR count). The number of hydrogen-bond donors (Lipinski definition) is 1. The van der Waals surface area contributed by atoms with Crippen molar-refractivity contribution < 1.29 is 14.3 Å². The maximum atomic E-state index is 11.9. The van der Waals surface area contributed by atoms with Crippen LogP contribution in [-0.2, 0) is 19.7 Å². The first-order chi connectivity index (χ1) is 12.1. The van der Waals surface area contributed by atoms with Gasteiger partial charge in [0.25, 0.3) is 5.91 Å². The third kappa shape index (κ3) is 4.79. The second-order valence-corrected chi connectivity index (χ2v) is 7.63. The summed E-state index contributed by atoms with van der Waals surface area (Å²) in [5.74, 6) is -0.777. The lowest BCUT2D eigenvalue weighted by Crippen LogP contribution is -2.35. The average Bonchev–Trinajstić information content (AvgIpc) is 3.32. The van der Waals surface area contributed by atoms with E-state index in [-0.39, 0.29) is 17.9 Å². The van der Waals surface area contributed by atoms with E-state index in [1.54, 1.807) is 17.4 Å². The number of hydrogen-bond acceptors (Lipinski definition) is 4. The predicted molar refractivity (Wildman–Crippen MR) is 99.4 cm³/mol. The summed E-state index contributed by atoms with van der Waals surface area (Å²) in [7, 11) is 0. The molecule has 0 atom stereocenters. The highest BCUT2D eigenvalue weighted by Crippen LogP contribution is 2.47. The van der Waals surface area contributed by atoms with Crippen molar-refractivity contribution in [2.45, 2.75) is 25.2 Å². The Morgan fingerprint density at radius 3 is 2.60 bits per heavy atom. The van der Waals surface area contributed by atoms with Crippen molar-refractivity contribution >= 4 is 29.3 Å². The van der Waals surface area contributed by atoms with E-state index in [2.05, 4.69) is 17.4 Å². The maximum Gasteiger partial charge on any atom is 0.331 e. The Bertz CT molecular complexity index is 775. The summed E-state index contributed by atoms with van der Waals surface area (Å²) < 4.78 is 4.99. The third-order valence-corrected chi connectivity index (χ3v) is 5.32. The van der Waals surface area contributed by atoms with Crippen LogP contribution in [0.2, 0.25) is 0 Å². The van der Waals surface area contributed by atoms with Crippen molar-refractivity contribution in [1.29, 1.82) is 0 Å². The molecular weight excluding hydrogens is 334 g/mol. The fraction of sp³-hybridized carbons (Fsp3) is 0.300. The number of carbonyl (C=O) groups excluding carboxylic acids is 2. The lowest BCUT2D eigenvalue weighted by molar-refractivity contribution is -0.143. The molecule has 1 aliphatic carbocycles. The van der Waals surface area contributed by atoms with Crippen LogP contribution in [0.4, 0.5) is 0 Å². The van der Waals surface area contributed by atoms with Crippen molar-refractivity contribution in [1.82, 2.24) is 5.32 Å². The molecule has 0 spiro atoms. The minimum Gasteiger partial charge on any atom is -0.452 e. The molecule has 1 N–H and O–H groups in total. The van der Waals surface area contributed by atoms with Gasteiger partial charge < -0.3 is 10.1 Å². The van der Waals surface area contributed by atoms with E-state index in [1.807, 2.05) is 37.3 Å². The van der Waals surface area contributed by atoms with Crippen molar-refractivity contribution in [2.24, 2.45) is 0 Å². The van der Waals surface area contributed by atoms with Crippen LogP contribution in [0.25, 0.3) is 6.08 Å². The Kier molecular flexibility index (Phi) is 5.34. The maximum absolute atomic E-state index is 11.9. The van der Waals surface area contributed by atoms with E-state index in [9.17, 15) is 9.59 Å². The quantitative estimate of drug-likeness (QED) is 0.611. The van der Waals surface area contributed by atoms with Crippen molar-refractivity contribution in [3.63, 3.8) is 0 Å². The van der Waals surface area contributed by atoms with Crippen molar-refractivity contribution in [3.8, 4) is 0 Å². The van der Waals surface area contributed by atoms with E-state index in [4.69, 9.17) is 4.74 Å². The predicted octanol–water partition coefficient (Wildman–Crippen LogP) is 3.46. The van der Waals surface area contributed by atoms with Crippen LogP contribution in [-0.4, -0.2) is 25.0 Å². The third-order valence-electron chi connectivity index (χ3n) is 4.35. The fourth-order valence-corrected chi connectivity index (χ4v) is 3.49. The number of ether oxygens (including phenoxy) is 1.